The van der Waals surface area contributed by atoms with Crippen LogP contribution in [0.1, 0.15) is 57.1 Å². The van der Waals surface area contributed by atoms with Crippen LogP contribution in [0.2, 0.25) is 0 Å². The van der Waals surface area contributed by atoms with Crippen LogP contribution in [-0.2, 0) is 19.1 Å². The molecule has 1 N–H and O–H groups in total. The fourth-order valence-corrected chi connectivity index (χ4v) is 9.42. The number of aliphatic hydroxyl groups is 1. The van der Waals surface area contributed by atoms with Crippen molar-refractivity contribution in [2.45, 2.75) is 81.4 Å². The van der Waals surface area contributed by atoms with E-state index < -0.39 is 33.4 Å². The molecule has 2 amide bonds. The summed E-state index contributed by atoms with van der Waals surface area (Å²) in [6.45, 7) is 15.8. The Balaban J connectivity index is 1.80. The molecule has 3 fully saturated rings. The number of aryl methyl sites for hydroxylation is 2. The van der Waals surface area contributed by atoms with Gasteiger partial charge in [0, 0.05) is 17.0 Å². The molecule has 1 aromatic carbocycles. The molecule has 0 aromatic heterocycles. The summed E-state index contributed by atoms with van der Waals surface area (Å²) in [6.07, 6.45) is 6.77. The lowest BCUT2D eigenvalue weighted by Crippen LogP contribution is -2.57. The highest BCUT2D eigenvalue weighted by Crippen LogP contribution is 2.72. The van der Waals surface area contributed by atoms with E-state index in [9.17, 15) is 19.5 Å². The predicted molar refractivity (Wildman–Crippen MR) is 156 cm³/mol. The predicted octanol–water partition coefficient (Wildman–Crippen LogP) is 4.58. The van der Waals surface area contributed by atoms with Crippen LogP contribution >= 0.6 is 11.8 Å². The molecule has 0 aliphatic carbocycles. The second kappa shape index (κ2) is 11.5. The standard InChI is InChI=1S/C31H42N2O5S/c1-7-10-11-18-38-29(37)24-23-27(35)33(22(9-3)19-34)26(31(23)16-15-30(24,6)39-31)28(36)32(17-8-2)25-20(4)13-12-14-21(25)5/h7-8,12-14,22-24,26,34H,1-2,9-11,15-19H2,3-6H3/t22-,23-,24-,26?,30+,31?/m0/s1. The van der Waals surface area contributed by atoms with Gasteiger partial charge in [-0.1, -0.05) is 37.3 Å². The lowest BCUT2D eigenvalue weighted by atomic mass is 9.66. The molecule has 3 saturated heterocycles. The topological polar surface area (TPSA) is 87.1 Å². The maximum atomic E-state index is 14.7. The maximum absolute atomic E-state index is 14.7. The molecule has 4 rings (SSSR count). The number of anilines is 1. The normalized spacial score (nSPS) is 29.7. The van der Waals surface area contributed by atoms with Gasteiger partial charge < -0.3 is 19.6 Å². The van der Waals surface area contributed by atoms with Gasteiger partial charge in [0.1, 0.15) is 6.04 Å². The van der Waals surface area contributed by atoms with E-state index in [1.165, 1.54) is 0 Å². The Morgan fingerprint density at radius 1 is 1.26 bits per heavy atom. The number of allylic oxidation sites excluding steroid dienone is 1. The van der Waals surface area contributed by atoms with Crippen LogP contribution in [0, 0.1) is 25.7 Å². The Bertz CT molecular complexity index is 1130. The number of benzene rings is 1. The summed E-state index contributed by atoms with van der Waals surface area (Å²) in [5, 5.41) is 10.3. The van der Waals surface area contributed by atoms with Gasteiger partial charge in [-0.3, -0.25) is 14.4 Å². The first kappa shape index (κ1) is 29.4. The van der Waals surface area contributed by atoms with Crippen molar-refractivity contribution in [1.29, 1.82) is 0 Å². The molecule has 1 aromatic rings. The molecule has 8 heteroatoms. The van der Waals surface area contributed by atoms with Gasteiger partial charge in [-0.2, -0.15) is 0 Å². The Morgan fingerprint density at radius 3 is 2.54 bits per heavy atom. The van der Waals surface area contributed by atoms with Gasteiger partial charge in [0.2, 0.25) is 5.91 Å². The SMILES string of the molecule is C=CCCCOC(=O)[C@@H]1[C@H]2C(=O)N([C@@H](CC)CO)C(C(=O)N(CC=C)c3c(C)cccc3C)C23CC[C@@]1(C)S3. The quantitative estimate of drug-likeness (QED) is 0.231. The first-order valence-electron chi connectivity index (χ1n) is 14.0. The second-order valence-electron chi connectivity index (χ2n) is 11.3. The van der Waals surface area contributed by atoms with Gasteiger partial charge in [0.05, 0.1) is 35.8 Å². The van der Waals surface area contributed by atoms with Crippen LogP contribution in [0.5, 0.6) is 0 Å². The molecular weight excluding hydrogens is 512 g/mol. The van der Waals surface area contributed by atoms with Crippen molar-refractivity contribution in [3.63, 3.8) is 0 Å². The number of thioether (sulfide) groups is 1. The van der Waals surface area contributed by atoms with Crippen LogP contribution in [-0.4, -0.2) is 69.1 Å². The molecule has 6 atom stereocenters. The highest BCUT2D eigenvalue weighted by molar-refractivity contribution is 8.02. The fourth-order valence-electron chi connectivity index (χ4n) is 7.10. The number of nitrogens with zero attached hydrogens (tertiary/aromatic N) is 2. The molecular formula is C31H42N2O5S. The van der Waals surface area contributed by atoms with E-state index in [4.69, 9.17) is 4.74 Å². The van der Waals surface area contributed by atoms with Crippen molar-refractivity contribution in [2.24, 2.45) is 11.8 Å². The number of unbranched alkanes of at least 4 members (excludes halogenated alkanes) is 1. The zero-order valence-electron chi connectivity index (χ0n) is 23.7. The average molecular weight is 555 g/mol. The maximum Gasteiger partial charge on any atom is 0.311 e. The van der Waals surface area contributed by atoms with Crippen LogP contribution in [0.4, 0.5) is 5.69 Å². The van der Waals surface area contributed by atoms with Crippen molar-refractivity contribution in [3.8, 4) is 0 Å². The number of para-hydroxylation sites is 1. The van der Waals surface area contributed by atoms with E-state index in [1.807, 2.05) is 45.9 Å². The van der Waals surface area contributed by atoms with E-state index >= 15 is 0 Å². The summed E-state index contributed by atoms with van der Waals surface area (Å²) in [4.78, 5) is 46.0. The highest BCUT2D eigenvalue weighted by Gasteiger charge is 2.78. The van der Waals surface area contributed by atoms with Gasteiger partial charge in [-0.05, 0) is 64.0 Å². The summed E-state index contributed by atoms with van der Waals surface area (Å²) >= 11 is 1.62. The van der Waals surface area contributed by atoms with Crippen molar-refractivity contribution in [2.75, 3.05) is 24.7 Å². The molecule has 7 nitrogen and oxygen atoms in total. The molecule has 3 aliphatic rings. The minimum absolute atomic E-state index is 0.188. The number of fused-ring (bicyclic) bond motifs is 1. The lowest BCUT2D eigenvalue weighted by molar-refractivity contribution is -0.156. The number of carbonyl (C=O) groups is 3. The number of amides is 2. The number of rotatable bonds is 12. The van der Waals surface area contributed by atoms with Gasteiger partial charge >= 0.3 is 5.97 Å². The number of aliphatic hydroxyl groups excluding tert-OH is 1. The molecule has 0 saturated carbocycles. The highest BCUT2D eigenvalue weighted by atomic mass is 32.2. The number of ether oxygens (including phenoxy) is 1. The fraction of sp³-hybridized carbons (Fsp3) is 0.581. The lowest BCUT2D eigenvalue weighted by Gasteiger charge is -2.40. The number of likely N-dealkylation sites (tertiary alicyclic amines) is 1. The zero-order chi connectivity index (χ0) is 28.5. The Labute approximate surface area is 236 Å². The van der Waals surface area contributed by atoms with E-state index in [-0.39, 0.29) is 37.5 Å². The molecule has 39 heavy (non-hydrogen) atoms. The summed E-state index contributed by atoms with van der Waals surface area (Å²) in [5.41, 5.74) is 2.73. The first-order chi connectivity index (χ1) is 18.6. The van der Waals surface area contributed by atoms with Crippen LogP contribution < -0.4 is 4.90 Å². The largest absolute Gasteiger partial charge is 0.465 e. The minimum Gasteiger partial charge on any atom is -0.465 e. The van der Waals surface area contributed by atoms with Crippen molar-refractivity contribution in [3.05, 3.63) is 54.6 Å². The zero-order valence-corrected chi connectivity index (χ0v) is 24.5. The molecule has 0 radical (unpaired) electrons. The van der Waals surface area contributed by atoms with E-state index in [1.54, 1.807) is 33.7 Å². The second-order valence-corrected chi connectivity index (χ2v) is 13.2. The summed E-state index contributed by atoms with van der Waals surface area (Å²) < 4.78 is 4.43. The molecule has 2 bridgehead atoms. The number of carbonyl (C=O) groups excluding carboxylic acids is 3. The van der Waals surface area contributed by atoms with E-state index in [0.29, 0.717) is 25.7 Å². The van der Waals surface area contributed by atoms with Gasteiger partial charge in [0.25, 0.3) is 5.91 Å². The third-order valence-electron chi connectivity index (χ3n) is 8.86. The monoisotopic (exact) mass is 554 g/mol. The third kappa shape index (κ3) is 4.73. The summed E-state index contributed by atoms with van der Waals surface area (Å²) in [5.74, 6) is -2.09. The first-order valence-corrected chi connectivity index (χ1v) is 14.8. The van der Waals surface area contributed by atoms with Gasteiger partial charge in [-0.15, -0.1) is 24.9 Å². The average Bonchev–Trinajstić information content (AvgIpc) is 3.47. The van der Waals surface area contributed by atoms with Crippen molar-refractivity contribution in [1.82, 2.24) is 4.90 Å². The van der Waals surface area contributed by atoms with Crippen LogP contribution in [0.3, 0.4) is 0 Å². The minimum atomic E-state index is -0.809. The Hall–Kier alpha value is -2.58. The molecule has 3 heterocycles. The number of esters is 1. The van der Waals surface area contributed by atoms with Crippen LogP contribution in [0.15, 0.2) is 43.5 Å². The molecule has 2 unspecified atom stereocenters. The number of hydrogen-bond acceptors (Lipinski definition) is 6. The van der Waals surface area contributed by atoms with E-state index in [0.717, 1.165) is 23.2 Å². The smallest absolute Gasteiger partial charge is 0.311 e. The summed E-state index contributed by atoms with van der Waals surface area (Å²) in [7, 11) is 0. The summed E-state index contributed by atoms with van der Waals surface area (Å²) in [6, 6.07) is 4.58. The van der Waals surface area contributed by atoms with Crippen molar-refractivity contribution >= 4 is 35.2 Å². The van der Waals surface area contributed by atoms with Crippen molar-refractivity contribution < 1.29 is 24.2 Å². The van der Waals surface area contributed by atoms with Crippen LogP contribution in [0.25, 0.3) is 0 Å². The van der Waals surface area contributed by atoms with Gasteiger partial charge in [-0.25, -0.2) is 0 Å². The number of hydrogen-bond donors (Lipinski definition) is 1. The van der Waals surface area contributed by atoms with E-state index in [2.05, 4.69) is 13.2 Å². The van der Waals surface area contributed by atoms with Gasteiger partial charge in [0.15, 0.2) is 0 Å². The Morgan fingerprint density at radius 2 is 1.95 bits per heavy atom. The molecule has 3 aliphatic heterocycles. The molecule has 1 spiro atoms. The third-order valence-corrected chi connectivity index (χ3v) is 10.8. The Kier molecular flexibility index (Phi) is 8.67. The molecule has 212 valence electrons.